The number of nitrogens with one attached hydrogen (secondary N) is 1. The number of aromatic nitrogens is 2. The lowest BCUT2D eigenvalue weighted by Crippen LogP contribution is -2.52. The van der Waals surface area contributed by atoms with Gasteiger partial charge in [0.2, 0.25) is 11.8 Å². The molecular formula is C26H34Cl2N6O4. The molecule has 4 saturated heterocycles. The molecule has 1 aromatic heterocycles. The van der Waals surface area contributed by atoms with Crippen LogP contribution in [0.2, 0.25) is 10.0 Å². The maximum atomic E-state index is 9.96. The van der Waals surface area contributed by atoms with Crippen molar-refractivity contribution in [1.82, 2.24) is 19.8 Å². The van der Waals surface area contributed by atoms with Crippen LogP contribution < -0.4 is 15.0 Å². The first kappa shape index (κ1) is 26.3. The zero-order valence-electron chi connectivity index (χ0n) is 21.4. The summed E-state index contributed by atoms with van der Waals surface area (Å²) < 4.78 is 17.3. The van der Waals surface area contributed by atoms with Crippen LogP contribution in [0, 0.1) is 0 Å². The van der Waals surface area contributed by atoms with Gasteiger partial charge in [0.1, 0.15) is 23.3 Å². The number of piperazine rings is 1. The first-order valence-electron chi connectivity index (χ1n) is 13.3. The second-order valence-corrected chi connectivity index (χ2v) is 11.3. The molecule has 4 atom stereocenters. The molecule has 5 heterocycles. The Morgan fingerprint density at radius 3 is 2.53 bits per heavy atom. The zero-order chi connectivity index (χ0) is 26.2. The monoisotopic (exact) mass is 564 g/mol. The summed E-state index contributed by atoms with van der Waals surface area (Å²) in [5.74, 6) is 0.568. The van der Waals surface area contributed by atoms with Gasteiger partial charge in [-0.2, -0.15) is 4.98 Å². The van der Waals surface area contributed by atoms with Crippen molar-refractivity contribution in [2.24, 2.45) is 0 Å². The van der Waals surface area contributed by atoms with Crippen LogP contribution in [0.5, 0.6) is 5.88 Å². The molecule has 1 aromatic carbocycles. The van der Waals surface area contributed by atoms with Gasteiger partial charge >= 0.3 is 0 Å². The number of nitrogens with zero attached hydrogens (tertiary/aromatic N) is 5. The molecule has 4 aliphatic heterocycles. The van der Waals surface area contributed by atoms with E-state index >= 15 is 0 Å². The van der Waals surface area contributed by atoms with E-state index in [4.69, 9.17) is 37.4 Å². The van der Waals surface area contributed by atoms with Gasteiger partial charge in [0.25, 0.3) is 0 Å². The first-order valence-corrected chi connectivity index (χ1v) is 14.0. The summed E-state index contributed by atoms with van der Waals surface area (Å²) in [7, 11) is 2.20. The van der Waals surface area contributed by atoms with Crippen LogP contribution >= 0.6 is 23.2 Å². The number of benzene rings is 1. The number of piperidine rings is 1. The summed E-state index contributed by atoms with van der Waals surface area (Å²) in [5, 5.41) is 14.1. The Labute approximate surface area is 232 Å². The predicted molar refractivity (Wildman–Crippen MR) is 146 cm³/mol. The molecule has 6 rings (SSSR count). The summed E-state index contributed by atoms with van der Waals surface area (Å²) in [5.41, 5.74) is 1.82. The van der Waals surface area contributed by atoms with Gasteiger partial charge in [-0.05, 0) is 38.1 Å². The summed E-state index contributed by atoms with van der Waals surface area (Å²) in [6, 6.07) is 6.58. The fourth-order valence-corrected chi connectivity index (χ4v) is 6.25. The first-order chi connectivity index (χ1) is 18.4. The summed E-state index contributed by atoms with van der Waals surface area (Å²) >= 11 is 13.0. The number of ether oxygens (including phenoxy) is 3. The van der Waals surface area contributed by atoms with E-state index in [2.05, 4.69) is 37.0 Å². The summed E-state index contributed by atoms with van der Waals surface area (Å²) in [6.45, 7) is 7.14. The van der Waals surface area contributed by atoms with Gasteiger partial charge in [0.05, 0.1) is 30.1 Å². The Morgan fingerprint density at radius 1 is 1.00 bits per heavy atom. The number of likely N-dealkylation sites (N-methyl/N-ethyl adjacent to an activating group) is 1. The lowest BCUT2D eigenvalue weighted by atomic mass is 10.0. The molecular weight excluding hydrogens is 531 g/mol. The second-order valence-electron chi connectivity index (χ2n) is 10.5. The number of hydrogen-bond acceptors (Lipinski definition) is 10. The highest BCUT2D eigenvalue weighted by molar-refractivity contribution is 6.33. The van der Waals surface area contributed by atoms with E-state index in [9.17, 15) is 5.11 Å². The smallest absolute Gasteiger partial charge is 0.237 e. The SMILES string of the molecule is CN1CCN(C2CCN(c3ccc(Nc4ncc(Cl)c(O[C@@H]5CO[C@H]6[C@@H]5OC[C@@H]6O)n4)cc3Cl)CC2)CC1. The third-order valence-electron chi connectivity index (χ3n) is 8.02. The Morgan fingerprint density at radius 2 is 1.76 bits per heavy atom. The average Bonchev–Trinajstić information content (AvgIpc) is 3.49. The quantitative estimate of drug-likeness (QED) is 0.545. The molecule has 0 amide bonds. The van der Waals surface area contributed by atoms with E-state index in [-0.39, 0.29) is 23.6 Å². The van der Waals surface area contributed by atoms with E-state index in [1.54, 1.807) is 0 Å². The van der Waals surface area contributed by atoms with Crippen LogP contribution in [0.1, 0.15) is 12.8 Å². The molecule has 0 spiro atoms. The van der Waals surface area contributed by atoms with Crippen molar-refractivity contribution < 1.29 is 19.3 Å². The van der Waals surface area contributed by atoms with Crippen LogP contribution in [0.3, 0.4) is 0 Å². The van der Waals surface area contributed by atoms with Crippen LogP contribution in [-0.2, 0) is 9.47 Å². The van der Waals surface area contributed by atoms with Gasteiger partial charge in [-0.3, -0.25) is 4.90 Å². The molecule has 38 heavy (non-hydrogen) atoms. The maximum absolute atomic E-state index is 9.96. The Kier molecular flexibility index (Phi) is 7.82. The van der Waals surface area contributed by atoms with Crippen molar-refractivity contribution in [3.05, 3.63) is 34.4 Å². The highest BCUT2D eigenvalue weighted by Gasteiger charge is 2.48. The summed E-state index contributed by atoms with van der Waals surface area (Å²) in [4.78, 5) is 16.2. The number of halogens is 2. The Hall–Kier alpha value is -1.92. The van der Waals surface area contributed by atoms with Crippen molar-refractivity contribution in [1.29, 1.82) is 0 Å². The third-order valence-corrected chi connectivity index (χ3v) is 8.58. The molecule has 4 fully saturated rings. The van der Waals surface area contributed by atoms with Gasteiger partial charge in [-0.15, -0.1) is 0 Å². The largest absolute Gasteiger partial charge is 0.468 e. The third kappa shape index (κ3) is 5.54. The number of hydrogen-bond donors (Lipinski definition) is 2. The molecule has 0 saturated carbocycles. The normalized spacial score (nSPS) is 29.0. The van der Waals surface area contributed by atoms with Gasteiger partial charge in [0.15, 0.2) is 6.10 Å². The fraction of sp³-hybridized carbons (Fsp3) is 0.615. The lowest BCUT2D eigenvalue weighted by molar-refractivity contribution is 0.00782. The Balaban J connectivity index is 1.07. The molecule has 0 bridgehead atoms. The highest BCUT2D eigenvalue weighted by atomic mass is 35.5. The van der Waals surface area contributed by atoms with E-state index in [0.717, 1.165) is 63.5 Å². The second kappa shape index (κ2) is 11.3. The number of anilines is 3. The van der Waals surface area contributed by atoms with Crippen molar-refractivity contribution in [2.75, 3.05) is 69.7 Å². The number of aliphatic hydroxyl groups excluding tert-OH is 1. The lowest BCUT2D eigenvalue weighted by Gasteiger charge is -2.42. The van der Waals surface area contributed by atoms with Crippen LogP contribution in [-0.4, -0.2) is 115 Å². The van der Waals surface area contributed by atoms with Crippen molar-refractivity contribution in [2.45, 2.75) is 43.3 Å². The Bertz CT molecular complexity index is 1130. The van der Waals surface area contributed by atoms with Gasteiger partial charge in [-0.25, -0.2) is 4.98 Å². The van der Waals surface area contributed by atoms with Crippen molar-refractivity contribution >= 4 is 40.5 Å². The zero-order valence-corrected chi connectivity index (χ0v) is 22.9. The maximum Gasteiger partial charge on any atom is 0.237 e. The minimum absolute atomic E-state index is 0.227. The highest BCUT2D eigenvalue weighted by Crippen LogP contribution is 2.34. The number of fused-ring (bicyclic) bond motifs is 1. The van der Waals surface area contributed by atoms with Gasteiger partial charge < -0.3 is 34.4 Å². The minimum Gasteiger partial charge on any atom is -0.468 e. The molecule has 2 aromatic rings. The number of rotatable bonds is 6. The molecule has 0 aliphatic carbocycles. The van der Waals surface area contributed by atoms with Gasteiger partial charge in [-0.1, -0.05) is 23.2 Å². The molecule has 2 N–H and O–H groups in total. The molecule has 0 unspecified atom stereocenters. The molecule has 12 heteroatoms. The van der Waals surface area contributed by atoms with Crippen molar-refractivity contribution in [3.8, 4) is 5.88 Å². The fourth-order valence-electron chi connectivity index (χ4n) is 5.81. The van der Waals surface area contributed by atoms with Crippen LogP contribution in [0.25, 0.3) is 0 Å². The topological polar surface area (TPSA) is 95.5 Å². The van der Waals surface area contributed by atoms with Crippen LogP contribution in [0.4, 0.5) is 17.3 Å². The van der Waals surface area contributed by atoms with E-state index in [1.807, 2.05) is 18.2 Å². The standard InChI is InChI=1S/C26H34Cl2N6O4/c1-32-8-10-33(11-9-32)17-4-6-34(7-5-17)20-3-2-16(12-18(20)27)30-26-29-13-19(28)25(31-26)38-22-15-37-23-21(35)14-36-24(22)23/h2-3,12-13,17,21-24,35H,4-11,14-15H2,1H3,(H,29,30,31)/t21-,22+,23+,24+/m0/s1. The molecule has 10 nitrogen and oxygen atoms in total. The summed E-state index contributed by atoms with van der Waals surface area (Å²) in [6.07, 6.45) is 1.99. The molecule has 0 radical (unpaired) electrons. The van der Waals surface area contributed by atoms with E-state index in [1.165, 1.54) is 6.20 Å². The van der Waals surface area contributed by atoms with Crippen molar-refractivity contribution in [3.63, 3.8) is 0 Å². The predicted octanol–water partition coefficient (Wildman–Crippen LogP) is 2.65. The van der Waals surface area contributed by atoms with Gasteiger partial charge in [0, 0.05) is 51.0 Å². The average molecular weight is 566 g/mol. The minimum atomic E-state index is -0.650. The number of aliphatic hydroxyl groups is 1. The molecule has 4 aliphatic rings. The molecule has 206 valence electrons. The van der Waals surface area contributed by atoms with Crippen LogP contribution in [0.15, 0.2) is 24.4 Å². The van der Waals surface area contributed by atoms with E-state index in [0.29, 0.717) is 23.6 Å². The van der Waals surface area contributed by atoms with E-state index < -0.39 is 18.3 Å².